The van der Waals surface area contributed by atoms with Crippen LogP contribution in [-0.4, -0.2) is 6.29 Å². The molecular weight excluding hydrogens is 232 g/mol. The maximum Gasteiger partial charge on any atom is 0.150 e. The quantitative estimate of drug-likeness (QED) is 0.346. The average Bonchev–Trinajstić information content (AvgIpc) is 2.39. The molecule has 0 aromatic heterocycles. The van der Waals surface area contributed by atoms with Crippen molar-refractivity contribution >= 4 is 6.29 Å². The van der Waals surface area contributed by atoms with Crippen molar-refractivity contribution in [1.82, 2.24) is 0 Å². The lowest BCUT2D eigenvalue weighted by molar-refractivity contribution is 0.112. The molecule has 0 N–H and O–H groups in total. The van der Waals surface area contributed by atoms with Gasteiger partial charge < -0.3 is 0 Å². The van der Waals surface area contributed by atoms with Gasteiger partial charge in [0.1, 0.15) is 6.29 Å². The molecule has 0 atom stereocenters. The van der Waals surface area contributed by atoms with Crippen LogP contribution in [0.25, 0.3) is 0 Å². The second-order valence-electron chi connectivity index (χ2n) is 5.59. The highest BCUT2D eigenvalue weighted by Crippen LogP contribution is 2.20. The van der Waals surface area contributed by atoms with E-state index in [1.807, 2.05) is 18.2 Å². The lowest BCUT2D eigenvalue weighted by Crippen LogP contribution is -2.04. The van der Waals surface area contributed by atoms with Gasteiger partial charge in [0.05, 0.1) is 0 Å². The van der Waals surface area contributed by atoms with Gasteiger partial charge in [-0.2, -0.15) is 0 Å². The summed E-state index contributed by atoms with van der Waals surface area (Å²) in [5.41, 5.74) is 3.49. The summed E-state index contributed by atoms with van der Waals surface area (Å²) >= 11 is 0. The number of aryl methyl sites for hydroxylation is 1. The minimum atomic E-state index is 0.584. The minimum Gasteiger partial charge on any atom is -0.298 e. The van der Waals surface area contributed by atoms with Crippen LogP contribution in [-0.2, 0) is 12.8 Å². The molecule has 0 saturated carbocycles. The van der Waals surface area contributed by atoms with Gasteiger partial charge in [0.25, 0.3) is 0 Å². The van der Waals surface area contributed by atoms with Crippen molar-refractivity contribution in [2.24, 2.45) is 5.92 Å². The minimum absolute atomic E-state index is 0.584. The van der Waals surface area contributed by atoms with Crippen LogP contribution in [0.5, 0.6) is 0 Å². The van der Waals surface area contributed by atoms with Crippen molar-refractivity contribution in [3.63, 3.8) is 0 Å². The largest absolute Gasteiger partial charge is 0.298 e. The number of allylic oxidation sites excluding steroid dienone is 1. The summed E-state index contributed by atoms with van der Waals surface area (Å²) in [4.78, 5) is 11.2. The van der Waals surface area contributed by atoms with Crippen molar-refractivity contribution in [3.05, 3.63) is 47.5 Å². The van der Waals surface area contributed by atoms with E-state index in [4.69, 9.17) is 0 Å². The molecule has 104 valence electrons. The highest BCUT2D eigenvalue weighted by atomic mass is 16.1. The van der Waals surface area contributed by atoms with Crippen molar-refractivity contribution in [3.8, 4) is 0 Å². The molecule has 0 aliphatic rings. The van der Waals surface area contributed by atoms with E-state index in [2.05, 4.69) is 26.5 Å². The monoisotopic (exact) mass is 258 g/mol. The van der Waals surface area contributed by atoms with Gasteiger partial charge in [0, 0.05) is 5.56 Å². The van der Waals surface area contributed by atoms with E-state index in [0.29, 0.717) is 5.92 Å². The maximum atomic E-state index is 11.2. The molecule has 0 heterocycles. The Hall–Kier alpha value is -1.37. The Morgan fingerprint density at radius 2 is 2.00 bits per heavy atom. The zero-order chi connectivity index (χ0) is 14.1. The van der Waals surface area contributed by atoms with Crippen molar-refractivity contribution in [2.45, 2.75) is 52.4 Å². The first kappa shape index (κ1) is 15.7. The Balaban J connectivity index is 2.69. The summed E-state index contributed by atoms with van der Waals surface area (Å²) in [5.74, 6) is 0.584. The third-order valence-electron chi connectivity index (χ3n) is 3.40. The molecule has 0 saturated heterocycles. The van der Waals surface area contributed by atoms with Crippen LogP contribution >= 0.6 is 0 Å². The molecule has 0 fully saturated rings. The molecule has 1 aromatic carbocycles. The highest BCUT2D eigenvalue weighted by molar-refractivity contribution is 5.78. The zero-order valence-electron chi connectivity index (χ0n) is 12.3. The Morgan fingerprint density at radius 3 is 2.63 bits per heavy atom. The van der Waals surface area contributed by atoms with Crippen molar-refractivity contribution in [2.75, 3.05) is 0 Å². The van der Waals surface area contributed by atoms with E-state index in [1.54, 1.807) is 0 Å². The number of hydrogen-bond acceptors (Lipinski definition) is 1. The predicted octanol–water partition coefficient (Wildman–Crippen LogP) is 4.99. The number of hydrogen-bond donors (Lipinski definition) is 0. The SMILES string of the molecule is C=CCCCCCc1cccc(C=O)c1CC(C)C. The van der Waals surface area contributed by atoms with Gasteiger partial charge in [-0.1, -0.05) is 44.5 Å². The van der Waals surface area contributed by atoms with E-state index in [1.165, 1.54) is 30.4 Å². The standard InChI is InChI=1S/C18H26O/c1-4-5-6-7-8-10-16-11-9-12-17(14-19)18(16)13-15(2)3/h4,9,11-12,14-15H,1,5-8,10,13H2,2-3H3. The number of carbonyl (C=O) groups is 1. The van der Waals surface area contributed by atoms with Gasteiger partial charge in [-0.25, -0.2) is 0 Å². The summed E-state index contributed by atoms with van der Waals surface area (Å²) in [6.45, 7) is 8.15. The van der Waals surface area contributed by atoms with Crippen LogP contribution in [0.2, 0.25) is 0 Å². The summed E-state index contributed by atoms with van der Waals surface area (Å²) in [6, 6.07) is 6.12. The molecule has 1 aromatic rings. The molecule has 1 heteroatoms. The van der Waals surface area contributed by atoms with E-state index in [0.717, 1.165) is 31.1 Å². The smallest absolute Gasteiger partial charge is 0.150 e. The second kappa shape index (κ2) is 8.68. The lowest BCUT2D eigenvalue weighted by Gasteiger charge is -2.14. The molecule has 0 aliphatic carbocycles. The van der Waals surface area contributed by atoms with Gasteiger partial charge in [-0.05, 0) is 49.1 Å². The molecule has 1 nitrogen and oxygen atoms in total. The number of benzene rings is 1. The van der Waals surface area contributed by atoms with Crippen LogP contribution in [0.3, 0.4) is 0 Å². The van der Waals surface area contributed by atoms with Gasteiger partial charge in [0.2, 0.25) is 0 Å². The normalized spacial score (nSPS) is 10.7. The van der Waals surface area contributed by atoms with Crippen LogP contribution in [0.4, 0.5) is 0 Å². The first-order chi connectivity index (χ1) is 9.19. The fourth-order valence-electron chi connectivity index (χ4n) is 2.44. The molecule has 0 amide bonds. The molecule has 0 spiro atoms. The summed E-state index contributed by atoms with van der Waals surface area (Å²) in [7, 11) is 0. The van der Waals surface area contributed by atoms with E-state index in [9.17, 15) is 4.79 Å². The molecule has 0 aliphatic heterocycles. The van der Waals surface area contributed by atoms with Crippen LogP contribution in [0.15, 0.2) is 30.9 Å². The summed E-state index contributed by atoms with van der Waals surface area (Å²) in [6.07, 6.45) is 9.82. The van der Waals surface area contributed by atoms with Crippen molar-refractivity contribution in [1.29, 1.82) is 0 Å². The topological polar surface area (TPSA) is 17.1 Å². The van der Waals surface area contributed by atoms with E-state index >= 15 is 0 Å². The van der Waals surface area contributed by atoms with Gasteiger partial charge in [-0.3, -0.25) is 4.79 Å². The average molecular weight is 258 g/mol. The maximum absolute atomic E-state index is 11.2. The fourth-order valence-corrected chi connectivity index (χ4v) is 2.44. The van der Waals surface area contributed by atoms with Gasteiger partial charge in [0.15, 0.2) is 0 Å². The molecule has 0 unspecified atom stereocenters. The number of unbranched alkanes of at least 4 members (excludes halogenated alkanes) is 3. The highest BCUT2D eigenvalue weighted by Gasteiger charge is 2.09. The molecule has 0 bridgehead atoms. The van der Waals surface area contributed by atoms with E-state index in [-0.39, 0.29) is 0 Å². The number of rotatable bonds is 9. The molecule has 19 heavy (non-hydrogen) atoms. The molecular formula is C18H26O. The molecule has 1 rings (SSSR count). The third-order valence-corrected chi connectivity index (χ3v) is 3.40. The Bertz CT molecular complexity index is 404. The van der Waals surface area contributed by atoms with Gasteiger partial charge >= 0.3 is 0 Å². The number of aldehydes is 1. The second-order valence-corrected chi connectivity index (χ2v) is 5.59. The van der Waals surface area contributed by atoms with Gasteiger partial charge in [-0.15, -0.1) is 6.58 Å². The third kappa shape index (κ3) is 5.42. The first-order valence-corrected chi connectivity index (χ1v) is 7.35. The Kier molecular flexibility index (Phi) is 7.17. The summed E-state index contributed by atoms with van der Waals surface area (Å²) in [5, 5.41) is 0. The van der Waals surface area contributed by atoms with Crippen LogP contribution < -0.4 is 0 Å². The number of carbonyl (C=O) groups excluding carboxylic acids is 1. The van der Waals surface area contributed by atoms with Crippen LogP contribution in [0.1, 0.15) is 61.0 Å². The molecule has 0 radical (unpaired) electrons. The Morgan fingerprint density at radius 1 is 1.21 bits per heavy atom. The summed E-state index contributed by atoms with van der Waals surface area (Å²) < 4.78 is 0. The predicted molar refractivity (Wildman–Crippen MR) is 82.7 cm³/mol. The zero-order valence-corrected chi connectivity index (χ0v) is 12.3. The lowest BCUT2D eigenvalue weighted by atomic mass is 9.91. The van der Waals surface area contributed by atoms with Crippen LogP contribution in [0, 0.1) is 5.92 Å². The fraction of sp³-hybridized carbons (Fsp3) is 0.500. The van der Waals surface area contributed by atoms with Crippen molar-refractivity contribution < 1.29 is 4.79 Å². The first-order valence-electron chi connectivity index (χ1n) is 7.35. The van der Waals surface area contributed by atoms with E-state index < -0.39 is 0 Å². The Labute approximate surface area is 117 Å².